The van der Waals surface area contributed by atoms with E-state index < -0.39 is 5.97 Å². The molecule has 0 atom stereocenters. The molecular formula is C18H14O3. The topological polar surface area (TPSA) is 46.5 Å². The summed E-state index contributed by atoms with van der Waals surface area (Å²) >= 11 is 0. The van der Waals surface area contributed by atoms with Gasteiger partial charge in [0.1, 0.15) is 17.9 Å². The highest BCUT2D eigenvalue weighted by Gasteiger charge is 2.10. The minimum atomic E-state index is -0.983. The molecule has 0 heterocycles. The molecule has 0 saturated carbocycles. The van der Waals surface area contributed by atoms with Crippen LogP contribution < -0.4 is 4.74 Å². The molecule has 0 saturated heterocycles. The first-order valence-corrected chi connectivity index (χ1v) is 6.67. The van der Waals surface area contributed by atoms with E-state index >= 15 is 0 Å². The number of hydrogen-bond donors (Lipinski definition) is 1. The van der Waals surface area contributed by atoms with Crippen molar-refractivity contribution in [3.8, 4) is 5.75 Å². The summed E-state index contributed by atoms with van der Waals surface area (Å²) in [4.78, 5) is 11.2. The van der Waals surface area contributed by atoms with E-state index in [1.54, 1.807) is 24.3 Å². The van der Waals surface area contributed by atoms with Crippen LogP contribution in [0.1, 0.15) is 15.9 Å². The van der Waals surface area contributed by atoms with Crippen LogP contribution in [-0.2, 0) is 6.61 Å². The maximum absolute atomic E-state index is 11.2. The molecule has 0 unspecified atom stereocenters. The normalized spacial score (nSPS) is 10.5. The fraction of sp³-hybridized carbons (Fsp3) is 0.0556. The summed E-state index contributed by atoms with van der Waals surface area (Å²) in [7, 11) is 0. The van der Waals surface area contributed by atoms with Crippen molar-refractivity contribution < 1.29 is 14.6 Å². The number of para-hydroxylation sites is 1. The molecule has 0 radical (unpaired) electrons. The Morgan fingerprint density at radius 3 is 2.48 bits per heavy atom. The van der Waals surface area contributed by atoms with Crippen molar-refractivity contribution in [1.82, 2.24) is 0 Å². The number of carboxylic acid groups (broad SMARTS) is 1. The maximum atomic E-state index is 11.2. The monoisotopic (exact) mass is 278 g/mol. The molecule has 3 nitrogen and oxygen atoms in total. The Kier molecular flexibility index (Phi) is 3.56. The highest BCUT2D eigenvalue weighted by Crippen LogP contribution is 2.23. The van der Waals surface area contributed by atoms with E-state index in [-0.39, 0.29) is 5.56 Å². The van der Waals surface area contributed by atoms with Gasteiger partial charge in [0.25, 0.3) is 0 Å². The van der Waals surface area contributed by atoms with Gasteiger partial charge in [-0.05, 0) is 28.5 Å². The Morgan fingerprint density at radius 1 is 0.905 bits per heavy atom. The molecule has 3 aromatic carbocycles. The second-order valence-electron chi connectivity index (χ2n) is 4.73. The van der Waals surface area contributed by atoms with Crippen molar-refractivity contribution in [3.05, 3.63) is 77.9 Å². The predicted molar refractivity (Wildman–Crippen MR) is 81.7 cm³/mol. The van der Waals surface area contributed by atoms with Crippen LogP contribution in [0.5, 0.6) is 5.75 Å². The van der Waals surface area contributed by atoms with Crippen molar-refractivity contribution in [1.29, 1.82) is 0 Å². The SMILES string of the molecule is O=C(O)c1ccccc1OCc1cccc2ccccc12. The Bertz CT molecular complexity index is 788. The number of carboxylic acids is 1. The van der Waals surface area contributed by atoms with Crippen molar-refractivity contribution >= 4 is 16.7 Å². The number of ether oxygens (including phenoxy) is 1. The van der Waals surface area contributed by atoms with Gasteiger partial charge in [-0.1, -0.05) is 54.6 Å². The van der Waals surface area contributed by atoms with E-state index in [0.29, 0.717) is 12.4 Å². The summed E-state index contributed by atoms with van der Waals surface area (Å²) < 4.78 is 5.71. The zero-order valence-electron chi connectivity index (χ0n) is 11.3. The molecule has 0 amide bonds. The van der Waals surface area contributed by atoms with Gasteiger partial charge in [-0.3, -0.25) is 0 Å². The summed E-state index contributed by atoms with van der Waals surface area (Å²) in [6.07, 6.45) is 0. The lowest BCUT2D eigenvalue weighted by atomic mass is 10.1. The lowest BCUT2D eigenvalue weighted by Crippen LogP contribution is -2.03. The molecule has 0 aromatic heterocycles. The molecule has 3 aromatic rings. The first-order chi connectivity index (χ1) is 10.3. The molecule has 1 N–H and O–H groups in total. The first kappa shape index (κ1) is 13.2. The van der Waals surface area contributed by atoms with Crippen LogP contribution in [0.15, 0.2) is 66.7 Å². The second kappa shape index (κ2) is 5.67. The van der Waals surface area contributed by atoms with E-state index in [4.69, 9.17) is 9.84 Å². The second-order valence-corrected chi connectivity index (χ2v) is 4.73. The third-order valence-corrected chi connectivity index (χ3v) is 3.38. The molecule has 0 bridgehead atoms. The Balaban J connectivity index is 1.89. The average Bonchev–Trinajstić information content (AvgIpc) is 2.53. The maximum Gasteiger partial charge on any atom is 0.339 e. The summed E-state index contributed by atoms with van der Waals surface area (Å²) in [5, 5.41) is 11.4. The molecule has 0 aliphatic rings. The molecule has 0 aliphatic heterocycles. The highest BCUT2D eigenvalue weighted by atomic mass is 16.5. The van der Waals surface area contributed by atoms with Gasteiger partial charge in [-0.2, -0.15) is 0 Å². The molecule has 0 spiro atoms. The Morgan fingerprint density at radius 2 is 1.62 bits per heavy atom. The quantitative estimate of drug-likeness (QED) is 0.781. The number of aromatic carboxylic acids is 1. The number of carbonyl (C=O) groups is 1. The summed E-state index contributed by atoms with van der Waals surface area (Å²) in [5.74, 6) is -0.596. The van der Waals surface area contributed by atoms with Gasteiger partial charge in [0, 0.05) is 0 Å². The number of hydrogen-bond acceptors (Lipinski definition) is 2. The predicted octanol–water partition coefficient (Wildman–Crippen LogP) is 4.12. The summed E-state index contributed by atoms with van der Waals surface area (Å²) in [6.45, 7) is 0.339. The van der Waals surface area contributed by atoms with E-state index in [1.807, 2.05) is 42.5 Å². The van der Waals surface area contributed by atoms with Crippen LogP contribution >= 0.6 is 0 Å². The van der Waals surface area contributed by atoms with Crippen LogP contribution in [-0.4, -0.2) is 11.1 Å². The van der Waals surface area contributed by atoms with E-state index in [1.165, 1.54) is 0 Å². The number of rotatable bonds is 4. The van der Waals surface area contributed by atoms with Crippen molar-refractivity contribution in [2.75, 3.05) is 0 Å². The summed E-state index contributed by atoms with van der Waals surface area (Å²) in [6, 6.07) is 20.7. The van der Waals surface area contributed by atoms with Crippen molar-refractivity contribution in [2.45, 2.75) is 6.61 Å². The molecule has 3 heteroatoms. The highest BCUT2D eigenvalue weighted by molar-refractivity contribution is 5.90. The van der Waals surface area contributed by atoms with Gasteiger partial charge < -0.3 is 9.84 Å². The van der Waals surface area contributed by atoms with Crippen molar-refractivity contribution in [3.63, 3.8) is 0 Å². The van der Waals surface area contributed by atoms with Crippen molar-refractivity contribution in [2.24, 2.45) is 0 Å². The van der Waals surface area contributed by atoms with E-state index in [2.05, 4.69) is 0 Å². The molecule has 104 valence electrons. The van der Waals surface area contributed by atoms with E-state index in [9.17, 15) is 4.79 Å². The fourth-order valence-corrected chi connectivity index (χ4v) is 2.34. The van der Waals surface area contributed by atoms with Gasteiger partial charge in [-0.15, -0.1) is 0 Å². The first-order valence-electron chi connectivity index (χ1n) is 6.67. The number of fused-ring (bicyclic) bond motifs is 1. The smallest absolute Gasteiger partial charge is 0.339 e. The standard InChI is InChI=1S/C18H14O3/c19-18(20)16-10-3-4-11-17(16)21-12-14-8-5-7-13-6-1-2-9-15(13)14/h1-11H,12H2,(H,19,20). The zero-order valence-corrected chi connectivity index (χ0v) is 11.3. The third kappa shape index (κ3) is 2.72. The molecule has 3 rings (SSSR count). The van der Waals surface area contributed by atoms with Crippen LogP contribution in [0.4, 0.5) is 0 Å². The summed E-state index contributed by atoms with van der Waals surface area (Å²) in [5.41, 5.74) is 1.21. The van der Waals surface area contributed by atoms with Crippen LogP contribution in [0.3, 0.4) is 0 Å². The Hall–Kier alpha value is -2.81. The van der Waals surface area contributed by atoms with E-state index in [0.717, 1.165) is 16.3 Å². The Labute approximate surface area is 122 Å². The molecule has 21 heavy (non-hydrogen) atoms. The largest absolute Gasteiger partial charge is 0.488 e. The van der Waals surface area contributed by atoms with Gasteiger partial charge in [0.05, 0.1) is 0 Å². The van der Waals surface area contributed by atoms with Crippen LogP contribution in [0.25, 0.3) is 10.8 Å². The lowest BCUT2D eigenvalue weighted by Gasteiger charge is -2.11. The molecule has 0 fully saturated rings. The van der Waals surface area contributed by atoms with Gasteiger partial charge in [-0.25, -0.2) is 4.79 Å². The van der Waals surface area contributed by atoms with Gasteiger partial charge in [0.15, 0.2) is 0 Å². The van der Waals surface area contributed by atoms with Crippen LogP contribution in [0, 0.1) is 0 Å². The van der Waals surface area contributed by atoms with Gasteiger partial charge >= 0.3 is 5.97 Å². The fourth-order valence-electron chi connectivity index (χ4n) is 2.34. The minimum Gasteiger partial charge on any atom is -0.488 e. The minimum absolute atomic E-state index is 0.178. The third-order valence-electron chi connectivity index (χ3n) is 3.38. The van der Waals surface area contributed by atoms with Gasteiger partial charge in [0.2, 0.25) is 0 Å². The number of benzene rings is 3. The molecule has 0 aliphatic carbocycles. The average molecular weight is 278 g/mol. The van der Waals surface area contributed by atoms with Crippen LogP contribution in [0.2, 0.25) is 0 Å². The zero-order chi connectivity index (χ0) is 14.7. The molecular weight excluding hydrogens is 264 g/mol. The lowest BCUT2D eigenvalue weighted by molar-refractivity contribution is 0.0692.